The molecule has 0 amide bonds. The molecule has 0 aromatic heterocycles. The van der Waals surface area contributed by atoms with Gasteiger partial charge in [0, 0.05) is 6.54 Å². The van der Waals surface area contributed by atoms with Crippen molar-refractivity contribution in [3.63, 3.8) is 0 Å². The number of phenolic OH excluding ortho intramolecular Hbond substituents is 1. The first kappa shape index (κ1) is 17.4. The lowest BCUT2D eigenvalue weighted by Crippen LogP contribution is -2.41. The zero-order valence-corrected chi connectivity index (χ0v) is 14.5. The average Bonchev–Trinajstić information content (AvgIpc) is 2.63. The molecule has 1 aromatic rings. The Morgan fingerprint density at radius 2 is 1.86 bits per heavy atom. The maximum atomic E-state index is 9.74. The molecule has 0 radical (unpaired) electrons. The summed E-state index contributed by atoms with van der Waals surface area (Å²) in [6.45, 7) is 8.68. The SMILES string of the molecule is CNCC(=Cc1cccc(O)c1Cl)B1OC(C)(C)C(C)(C)O1. The molecule has 1 aromatic carbocycles. The van der Waals surface area contributed by atoms with E-state index in [1.165, 1.54) is 0 Å². The Morgan fingerprint density at radius 1 is 1.27 bits per heavy atom. The zero-order valence-electron chi connectivity index (χ0n) is 13.7. The minimum absolute atomic E-state index is 0.0631. The number of halogens is 1. The number of benzene rings is 1. The monoisotopic (exact) mass is 323 g/mol. The second-order valence-corrected chi connectivity index (χ2v) is 6.90. The van der Waals surface area contributed by atoms with E-state index in [1.54, 1.807) is 12.1 Å². The molecule has 1 saturated heterocycles. The smallest absolute Gasteiger partial charge is 0.491 e. The van der Waals surface area contributed by atoms with Gasteiger partial charge in [-0.05, 0) is 51.8 Å². The van der Waals surface area contributed by atoms with Crippen LogP contribution in [0.3, 0.4) is 0 Å². The highest BCUT2D eigenvalue weighted by atomic mass is 35.5. The van der Waals surface area contributed by atoms with E-state index in [1.807, 2.05) is 46.9 Å². The highest BCUT2D eigenvalue weighted by Gasteiger charge is 2.52. The van der Waals surface area contributed by atoms with Gasteiger partial charge in [-0.3, -0.25) is 0 Å². The van der Waals surface area contributed by atoms with E-state index in [0.717, 1.165) is 11.0 Å². The van der Waals surface area contributed by atoms with Gasteiger partial charge in [0.15, 0.2) is 0 Å². The van der Waals surface area contributed by atoms with Crippen LogP contribution in [0.4, 0.5) is 0 Å². The molecule has 2 rings (SSSR count). The van der Waals surface area contributed by atoms with Crippen LogP contribution < -0.4 is 5.32 Å². The minimum atomic E-state index is -0.448. The Kier molecular flexibility index (Phi) is 4.92. The maximum absolute atomic E-state index is 9.74. The number of rotatable bonds is 4. The third kappa shape index (κ3) is 3.33. The molecule has 0 spiro atoms. The van der Waals surface area contributed by atoms with Crippen molar-refractivity contribution in [2.24, 2.45) is 0 Å². The van der Waals surface area contributed by atoms with Gasteiger partial charge in [0.1, 0.15) is 5.75 Å². The van der Waals surface area contributed by atoms with Gasteiger partial charge in [-0.25, -0.2) is 0 Å². The molecule has 120 valence electrons. The van der Waals surface area contributed by atoms with Gasteiger partial charge in [0.25, 0.3) is 0 Å². The molecule has 22 heavy (non-hydrogen) atoms. The van der Waals surface area contributed by atoms with Gasteiger partial charge in [-0.1, -0.05) is 29.8 Å². The van der Waals surface area contributed by atoms with E-state index >= 15 is 0 Å². The number of likely N-dealkylation sites (N-methyl/N-ethyl adjacent to an activating group) is 1. The number of phenols is 1. The quantitative estimate of drug-likeness (QED) is 0.835. The molecule has 1 fully saturated rings. The number of aromatic hydroxyl groups is 1. The molecule has 1 aliphatic rings. The van der Waals surface area contributed by atoms with E-state index in [9.17, 15) is 5.11 Å². The fourth-order valence-electron chi connectivity index (χ4n) is 2.25. The van der Waals surface area contributed by atoms with Crippen LogP contribution in [0.1, 0.15) is 33.3 Å². The Morgan fingerprint density at radius 3 is 2.41 bits per heavy atom. The normalized spacial score (nSPS) is 20.5. The van der Waals surface area contributed by atoms with Crippen molar-refractivity contribution in [3.8, 4) is 5.75 Å². The molecule has 2 N–H and O–H groups in total. The van der Waals surface area contributed by atoms with Gasteiger partial charge >= 0.3 is 7.12 Å². The summed E-state index contributed by atoms with van der Waals surface area (Å²) in [5.74, 6) is 0.0631. The third-order valence-corrected chi connectivity index (χ3v) is 4.70. The number of hydrogen-bond donors (Lipinski definition) is 2. The summed E-state index contributed by atoms with van der Waals surface area (Å²) in [6, 6.07) is 5.17. The Labute approximate surface area is 137 Å². The second kappa shape index (κ2) is 6.24. The molecule has 0 aliphatic carbocycles. The largest absolute Gasteiger partial charge is 0.506 e. The topological polar surface area (TPSA) is 50.7 Å². The van der Waals surface area contributed by atoms with Gasteiger partial charge < -0.3 is 19.7 Å². The van der Waals surface area contributed by atoms with Crippen molar-refractivity contribution in [2.75, 3.05) is 13.6 Å². The van der Waals surface area contributed by atoms with Crippen molar-refractivity contribution in [1.82, 2.24) is 5.32 Å². The van der Waals surface area contributed by atoms with Crippen LogP contribution in [0.15, 0.2) is 23.7 Å². The van der Waals surface area contributed by atoms with Crippen molar-refractivity contribution < 1.29 is 14.4 Å². The molecular weight excluding hydrogens is 300 g/mol. The van der Waals surface area contributed by atoms with Crippen molar-refractivity contribution >= 4 is 24.8 Å². The van der Waals surface area contributed by atoms with Crippen LogP contribution in [0, 0.1) is 0 Å². The minimum Gasteiger partial charge on any atom is -0.506 e. The van der Waals surface area contributed by atoms with E-state index in [4.69, 9.17) is 20.9 Å². The number of hydrogen-bond acceptors (Lipinski definition) is 4. The lowest BCUT2D eigenvalue weighted by Gasteiger charge is -2.32. The molecule has 0 atom stereocenters. The van der Waals surface area contributed by atoms with Crippen LogP contribution in [0.25, 0.3) is 6.08 Å². The summed E-state index contributed by atoms with van der Waals surface area (Å²) in [5, 5.41) is 13.2. The van der Waals surface area contributed by atoms with Gasteiger partial charge in [-0.2, -0.15) is 0 Å². The van der Waals surface area contributed by atoms with Crippen LogP contribution in [0.2, 0.25) is 5.02 Å². The fourth-order valence-corrected chi connectivity index (χ4v) is 2.43. The predicted molar refractivity (Wildman–Crippen MR) is 91.1 cm³/mol. The summed E-state index contributed by atoms with van der Waals surface area (Å²) in [6.07, 6.45) is 1.90. The maximum Gasteiger partial charge on any atom is 0.491 e. The van der Waals surface area contributed by atoms with Gasteiger partial charge in [0.2, 0.25) is 0 Å². The lowest BCUT2D eigenvalue weighted by molar-refractivity contribution is 0.00578. The van der Waals surface area contributed by atoms with E-state index in [-0.39, 0.29) is 5.75 Å². The van der Waals surface area contributed by atoms with E-state index < -0.39 is 18.3 Å². The molecule has 1 aliphatic heterocycles. The van der Waals surface area contributed by atoms with Crippen molar-refractivity contribution in [3.05, 3.63) is 34.3 Å². The van der Waals surface area contributed by atoms with Crippen molar-refractivity contribution in [1.29, 1.82) is 0 Å². The molecule has 1 heterocycles. The summed E-state index contributed by atoms with van der Waals surface area (Å²) in [7, 11) is 1.42. The van der Waals surface area contributed by atoms with Crippen LogP contribution in [0.5, 0.6) is 5.75 Å². The van der Waals surface area contributed by atoms with Gasteiger partial charge in [0.05, 0.1) is 16.2 Å². The first-order valence-corrected chi connectivity index (χ1v) is 7.74. The van der Waals surface area contributed by atoms with E-state index in [0.29, 0.717) is 11.6 Å². The first-order chi connectivity index (χ1) is 10.2. The molecule has 0 unspecified atom stereocenters. The molecular formula is C16H23BClNO3. The zero-order chi connectivity index (χ0) is 16.5. The summed E-state index contributed by atoms with van der Waals surface area (Å²) < 4.78 is 12.2. The summed E-state index contributed by atoms with van der Waals surface area (Å²) >= 11 is 6.16. The fraction of sp³-hybridized carbons (Fsp3) is 0.500. The Bertz CT molecular complexity index is 571. The first-order valence-electron chi connectivity index (χ1n) is 7.36. The molecule has 6 heteroatoms. The third-order valence-electron chi connectivity index (χ3n) is 4.29. The van der Waals surface area contributed by atoms with Crippen LogP contribution in [-0.2, 0) is 9.31 Å². The second-order valence-electron chi connectivity index (χ2n) is 6.52. The number of nitrogens with one attached hydrogen (secondary N) is 1. The van der Waals surface area contributed by atoms with E-state index in [2.05, 4.69) is 5.32 Å². The average molecular weight is 324 g/mol. The highest BCUT2D eigenvalue weighted by Crippen LogP contribution is 2.39. The van der Waals surface area contributed by atoms with Crippen LogP contribution in [-0.4, -0.2) is 37.0 Å². The molecule has 0 saturated carbocycles. The summed E-state index contributed by atoms with van der Waals surface area (Å²) in [4.78, 5) is 0. The van der Waals surface area contributed by atoms with Crippen molar-refractivity contribution in [2.45, 2.75) is 38.9 Å². The summed E-state index contributed by atoms with van der Waals surface area (Å²) in [5.41, 5.74) is 0.871. The lowest BCUT2D eigenvalue weighted by atomic mass is 9.77. The predicted octanol–water partition coefficient (Wildman–Crippen LogP) is 3.28. The molecule has 0 bridgehead atoms. The Hall–Kier alpha value is -1.01. The molecule has 4 nitrogen and oxygen atoms in total. The standard InChI is InChI=1S/C16H23BClNO3/c1-15(2)16(3,4)22-17(21-15)12(10-19-5)9-11-7-6-8-13(20)14(11)18/h6-9,19-20H,10H2,1-5H3. The van der Waals surface area contributed by atoms with Gasteiger partial charge in [-0.15, -0.1) is 0 Å². The van der Waals surface area contributed by atoms with Crippen LogP contribution >= 0.6 is 11.6 Å². The highest BCUT2D eigenvalue weighted by molar-refractivity contribution is 6.56. The Balaban J connectivity index is 2.35.